The SMILES string of the molecule is COCO[C@@H]1CC2C[C@H](c3ccc(F)cc3)[C@H](C(=O)OC)C1N2C. The highest BCUT2D eigenvalue weighted by Gasteiger charge is 2.54. The maximum atomic E-state index is 13.3. The van der Waals surface area contributed by atoms with Crippen molar-refractivity contribution in [2.75, 3.05) is 28.1 Å². The molecule has 0 amide bonds. The molecule has 2 aliphatic heterocycles. The van der Waals surface area contributed by atoms with E-state index in [1.54, 1.807) is 19.2 Å². The molecule has 2 aliphatic rings. The van der Waals surface area contributed by atoms with E-state index in [1.807, 2.05) is 7.05 Å². The third-order valence-corrected chi connectivity index (χ3v) is 5.43. The number of hydrogen-bond donors (Lipinski definition) is 0. The average molecular weight is 337 g/mol. The van der Waals surface area contributed by atoms with Gasteiger partial charge in [-0.25, -0.2) is 4.39 Å². The molecule has 0 N–H and O–H groups in total. The number of likely N-dealkylation sites (N-methyl/N-ethyl adjacent to an activating group) is 1. The van der Waals surface area contributed by atoms with Crippen LogP contribution in [0.2, 0.25) is 0 Å². The minimum Gasteiger partial charge on any atom is -0.469 e. The smallest absolute Gasteiger partial charge is 0.310 e. The van der Waals surface area contributed by atoms with Crippen LogP contribution in [0.5, 0.6) is 0 Å². The quantitative estimate of drug-likeness (QED) is 0.609. The number of piperidine rings is 1. The zero-order valence-corrected chi connectivity index (χ0v) is 14.3. The molecular formula is C18H24FNO4. The Kier molecular flexibility index (Phi) is 5.18. The molecule has 0 aromatic heterocycles. The van der Waals surface area contributed by atoms with Gasteiger partial charge in [0.2, 0.25) is 0 Å². The second-order valence-electron chi connectivity index (χ2n) is 6.60. The third-order valence-electron chi connectivity index (χ3n) is 5.43. The Morgan fingerprint density at radius 2 is 1.96 bits per heavy atom. The van der Waals surface area contributed by atoms with E-state index in [4.69, 9.17) is 14.2 Å². The largest absolute Gasteiger partial charge is 0.469 e. The molecule has 2 heterocycles. The highest BCUT2D eigenvalue weighted by atomic mass is 19.1. The van der Waals surface area contributed by atoms with Crippen LogP contribution >= 0.6 is 0 Å². The fourth-order valence-electron chi connectivity index (χ4n) is 4.32. The van der Waals surface area contributed by atoms with Crippen molar-refractivity contribution < 1.29 is 23.4 Å². The van der Waals surface area contributed by atoms with Crippen LogP contribution in [-0.2, 0) is 19.0 Å². The van der Waals surface area contributed by atoms with Gasteiger partial charge in [0.05, 0.1) is 19.1 Å². The first-order valence-corrected chi connectivity index (χ1v) is 8.22. The van der Waals surface area contributed by atoms with E-state index in [2.05, 4.69) is 4.90 Å². The summed E-state index contributed by atoms with van der Waals surface area (Å²) in [5.41, 5.74) is 0.974. The van der Waals surface area contributed by atoms with E-state index < -0.39 is 0 Å². The second kappa shape index (κ2) is 7.17. The zero-order chi connectivity index (χ0) is 17.3. The number of benzene rings is 1. The monoisotopic (exact) mass is 337 g/mol. The first kappa shape index (κ1) is 17.3. The van der Waals surface area contributed by atoms with Crippen LogP contribution in [0.1, 0.15) is 24.3 Å². The summed E-state index contributed by atoms with van der Waals surface area (Å²) >= 11 is 0. The Hall–Kier alpha value is -1.50. The predicted octanol–water partition coefficient (Wildman–Crippen LogP) is 2.16. The number of carbonyl (C=O) groups is 1. The highest BCUT2D eigenvalue weighted by Crippen LogP contribution is 2.47. The molecule has 2 bridgehead atoms. The van der Waals surface area contributed by atoms with Gasteiger partial charge in [-0.2, -0.15) is 0 Å². The number of esters is 1. The number of carbonyl (C=O) groups excluding carboxylic acids is 1. The van der Waals surface area contributed by atoms with E-state index in [9.17, 15) is 9.18 Å². The van der Waals surface area contributed by atoms with Crippen LogP contribution in [0.25, 0.3) is 0 Å². The standard InChI is InChI=1S/C18H24FNO4/c1-20-13-8-14(11-4-6-12(19)7-5-11)16(18(21)23-3)17(20)15(9-13)24-10-22-2/h4-7,13-17H,8-10H2,1-3H3/t13?,14-,15-,16+,17?/m1/s1. The van der Waals surface area contributed by atoms with Crippen molar-refractivity contribution in [3.8, 4) is 0 Å². The van der Waals surface area contributed by atoms with Gasteiger partial charge in [0.25, 0.3) is 0 Å². The molecule has 5 nitrogen and oxygen atoms in total. The van der Waals surface area contributed by atoms with Gasteiger partial charge in [0, 0.05) is 25.1 Å². The Morgan fingerprint density at radius 1 is 1.25 bits per heavy atom. The maximum absolute atomic E-state index is 13.3. The van der Waals surface area contributed by atoms with E-state index >= 15 is 0 Å². The summed E-state index contributed by atoms with van der Waals surface area (Å²) in [6.07, 6.45) is 1.61. The lowest BCUT2D eigenvalue weighted by molar-refractivity contribution is -0.154. The number of fused-ring (bicyclic) bond motifs is 2. The summed E-state index contributed by atoms with van der Waals surface area (Å²) in [5.74, 6) is -0.857. The van der Waals surface area contributed by atoms with Gasteiger partial charge in [0.15, 0.2) is 0 Å². The summed E-state index contributed by atoms with van der Waals surface area (Å²) in [6, 6.07) is 6.69. The van der Waals surface area contributed by atoms with Crippen molar-refractivity contribution in [2.24, 2.45) is 5.92 Å². The van der Waals surface area contributed by atoms with Gasteiger partial charge in [0.1, 0.15) is 12.6 Å². The summed E-state index contributed by atoms with van der Waals surface area (Å²) in [4.78, 5) is 14.8. The molecule has 3 rings (SSSR count). The van der Waals surface area contributed by atoms with Gasteiger partial charge < -0.3 is 14.2 Å². The first-order chi connectivity index (χ1) is 11.6. The van der Waals surface area contributed by atoms with Crippen LogP contribution < -0.4 is 0 Å². The number of methoxy groups -OCH3 is 2. The van der Waals surface area contributed by atoms with Crippen molar-refractivity contribution in [3.05, 3.63) is 35.6 Å². The molecule has 132 valence electrons. The molecule has 24 heavy (non-hydrogen) atoms. The van der Waals surface area contributed by atoms with E-state index in [0.717, 1.165) is 18.4 Å². The molecule has 1 aromatic rings. The Morgan fingerprint density at radius 3 is 2.58 bits per heavy atom. The van der Waals surface area contributed by atoms with Crippen molar-refractivity contribution in [3.63, 3.8) is 0 Å². The summed E-state index contributed by atoms with van der Waals surface area (Å²) in [7, 11) is 5.03. The fourth-order valence-corrected chi connectivity index (χ4v) is 4.32. The first-order valence-electron chi connectivity index (χ1n) is 8.22. The molecule has 2 fully saturated rings. The van der Waals surface area contributed by atoms with E-state index in [0.29, 0.717) is 6.04 Å². The number of rotatable bonds is 5. The molecule has 1 aromatic carbocycles. The van der Waals surface area contributed by atoms with Gasteiger partial charge in [-0.05, 0) is 37.6 Å². The second-order valence-corrected chi connectivity index (χ2v) is 6.60. The van der Waals surface area contributed by atoms with Crippen LogP contribution in [0.3, 0.4) is 0 Å². The topological polar surface area (TPSA) is 48.0 Å². The lowest BCUT2D eigenvalue weighted by atomic mass is 9.76. The van der Waals surface area contributed by atoms with Crippen LogP contribution in [0, 0.1) is 11.7 Å². The fraction of sp³-hybridized carbons (Fsp3) is 0.611. The lowest BCUT2D eigenvalue weighted by Crippen LogP contribution is -2.52. The van der Waals surface area contributed by atoms with Crippen molar-refractivity contribution in [2.45, 2.75) is 36.9 Å². The molecule has 0 radical (unpaired) electrons. The number of nitrogens with zero attached hydrogens (tertiary/aromatic N) is 1. The van der Waals surface area contributed by atoms with Crippen LogP contribution in [0.4, 0.5) is 4.39 Å². The summed E-state index contributed by atoms with van der Waals surface area (Å²) in [6.45, 7) is 0.205. The molecular weight excluding hydrogens is 313 g/mol. The Bertz CT molecular complexity index is 579. The van der Waals surface area contributed by atoms with Crippen molar-refractivity contribution in [1.82, 2.24) is 4.90 Å². The Balaban J connectivity index is 1.93. The molecule has 0 aliphatic carbocycles. The number of halogens is 1. The van der Waals surface area contributed by atoms with E-state index in [1.165, 1.54) is 19.2 Å². The van der Waals surface area contributed by atoms with Crippen LogP contribution in [-0.4, -0.2) is 57.1 Å². The average Bonchev–Trinajstić information content (AvgIpc) is 2.79. The zero-order valence-electron chi connectivity index (χ0n) is 14.3. The van der Waals surface area contributed by atoms with E-state index in [-0.39, 0.29) is 42.6 Å². The minimum atomic E-state index is -0.342. The normalized spacial score (nSPS) is 32.8. The summed E-state index contributed by atoms with van der Waals surface area (Å²) in [5, 5.41) is 0. The molecule has 0 saturated carbocycles. The highest BCUT2D eigenvalue weighted by molar-refractivity contribution is 5.75. The maximum Gasteiger partial charge on any atom is 0.310 e. The van der Waals surface area contributed by atoms with Gasteiger partial charge in [-0.15, -0.1) is 0 Å². The van der Waals surface area contributed by atoms with Crippen molar-refractivity contribution >= 4 is 5.97 Å². The minimum absolute atomic E-state index is 0.000366. The molecule has 2 saturated heterocycles. The molecule has 0 spiro atoms. The summed E-state index contributed by atoms with van der Waals surface area (Å²) < 4.78 is 29.2. The van der Waals surface area contributed by atoms with Gasteiger partial charge >= 0.3 is 5.97 Å². The Labute approximate surface area is 141 Å². The number of ether oxygens (including phenoxy) is 3. The molecule has 2 unspecified atom stereocenters. The van der Waals surface area contributed by atoms with Crippen molar-refractivity contribution in [1.29, 1.82) is 0 Å². The third kappa shape index (κ3) is 3.06. The number of hydrogen-bond acceptors (Lipinski definition) is 5. The van der Waals surface area contributed by atoms with Gasteiger partial charge in [-0.1, -0.05) is 12.1 Å². The molecule has 5 atom stereocenters. The van der Waals surface area contributed by atoms with Crippen LogP contribution in [0.15, 0.2) is 24.3 Å². The van der Waals surface area contributed by atoms with Gasteiger partial charge in [-0.3, -0.25) is 9.69 Å². The predicted molar refractivity (Wildman–Crippen MR) is 86.0 cm³/mol. The lowest BCUT2D eigenvalue weighted by Gasteiger charge is -2.42. The molecule has 6 heteroatoms.